The number of aromatic nitrogens is 3. The van der Waals surface area contributed by atoms with E-state index in [1.54, 1.807) is 0 Å². The standard InChI is InChI=1S/C17H18N4O4/c1-10-19-14(21-20-10)8-11-4-6-12(7-5-11)18-9-13-15(22)24-17(2,3)25-16(13)23/h4-7,9,18H,8H2,1-3H3,(H,19,20,21). The van der Waals surface area contributed by atoms with Crippen LogP contribution in [0.1, 0.15) is 31.1 Å². The lowest BCUT2D eigenvalue weighted by Crippen LogP contribution is -2.42. The molecule has 8 heteroatoms. The summed E-state index contributed by atoms with van der Waals surface area (Å²) in [6, 6.07) is 7.48. The van der Waals surface area contributed by atoms with Gasteiger partial charge in [-0.1, -0.05) is 12.1 Å². The number of hydrogen-bond acceptors (Lipinski definition) is 7. The Morgan fingerprint density at radius 2 is 1.80 bits per heavy atom. The van der Waals surface area contributed by atoms with E-state index in [-0.39, 0.29) is 5.57 Å². The van der Waals surface area contributed by atoms with E-state index in [0.29, 0.717) is 12.1 Å². The number of nitrogens with zero attached hydrogens (tertiary/aromatic N) is 2. The summed E-state index contributed by atoms with van der Waals surface area (Å²) < 4.78 is 10.1. The number of H-pyrrole nitrogens is 1. The molecule has 1 aliphatic rings. The second kappa shape index (κ2) is 6.39. The van der Waals surface area contributed by atoms with E-state index in [0.717, 1.165) is 17.2 Å². The number of hydrogen-bond donors (Lipinski definition) is 2. The number of carbonyl (C=O) groups excluding carboxylic acids is 2. The van der Waals surface area contributed by atoms with E-state index in [1.807, 2.05) is 31.2 Å². The van der Waals surface area contributed by atoms with E-state index in [2.05, 4.69) is 20.5 Å². The lowest BCUT2D eigenvalue weighted by molar-refractivity contribution is -0.222. The molecule has 1 saturated heterocycles. The van der Waals surface area contributed by atoms with Gasteiger partial charge in [0.2, 0.25) is 0 Å². The molecule has 0 bridgehead atoms. The minimum Gasteiger partial charge on any atom is -0.419 e. The first-order chi connectivity index (χ1) is 11.8. The van der Waals surface area contributed by atoms with Crippen molar-refractivity contribution in [2.24, 2.45) is 0 Å². The van der Waals surface area contributed by atoms with Crippen molar-refractivity contribution in [3.05, 3.63) is 53.3 Å². The molecule has 1 aromatic carbocycles. The highest BCUT2D eigenvalue weighted by Gasteiger charge is 2.38. The number of nitrogens with one attached hydrogen (secondary N) is 2. The molecule has 0 unspecified atom stereocenters. The number of rotatable bonds is 4. The summed E-state index contributed by atoms with van der Waals surface area (Å²) in [5.74, 6) is -1.19. The molecular formula is C17H18N4O4. The maximum Gasteiger partial charge on any atom is 0.350 e. The van der Waals surface area contributed by atoms with Crippen LogP contribution in [0, 0.1) is 6.92 Å². The number of aryl methyl sites for hydroxylation is 1. The molecule has 1 aromatic heterocycles. The fraction of sp³-hybridized carbons (Fsp3) is 0.294. The van der Waals surface area contributed by atoms with Crippen molar-refractivity contribution in [1.29, 1.82) is 0 Å². The molecule has 2 heterocycles. The lowest BCUT2D eigenvalue weighted by Gasteiger charge is -2.29. The topological polar surface area (TPSA) is 106 Å². The Morgan fingerprint density at radius 3 is 2.36 bits per heavy atom. The molecule has 0 saturated carbocycles. The summed E-state index contributed by atoms with van der Waals surface area (Å²) in [5.41, 5.74) is 1.57. The SMILES string of the molecule is Cc1nc(Cc2ccc(NC=C3C(=O)OC(C)(C)OC3=O)cc2)n[nH]1. The van der Waals surface area contributed by atoms with E-state index in [4.69, 9.17) is 9.47 Å². The maximum absolute atomic E-state index is 11.9. The molecule has 1 fully saturated rings. The minimum absolute atomic E-state index is 0.181. The van der Waals surface area contributed by atoms with Crippen LogP contribution in [0.3, 0.4) is 0 Å². The molecule has 0 atom stereocenters. The van der Waals surface area contributed by atoms with Crippen LogP contribution in [0.25, 0.3) is 0 Å². The molecule has 2 N–H and O–H groups in total. The number of benzene rings is 1. The summed E-state index contributed by atoms with van der Waals surface area (Å²) >= 11 is 0. The number of cyclic esters (lactones) is 2. The van der Waals surface area contributed by atoms with Crippen LogP contribution < -0.4 is 5.32 Å². The summed E-state index contributed by atoms with van der Waals surface area (Å²) in [6.45, 7) is 4.85. The quantitative estimate of drug-likeness (QED) is 0.496. The highest BCUT2D eigenvalue weighted by atomic mass is 16.7. The second-order valence-corrected chi connectivity index (χ2v) is 6.09. The van der Waals surface area contributed by atoms with Crippen molar-refractivity contribution in [3.8, 4) is 0 Å². The maximum atomic E-state index is 11.9. The van der Waals surface area contributed by atoms with Gasteiger partial charge in [-0.3, -0.25) is 5.10 Å². The Bertz CT molecular complexity index is 815. The first-order valence-electron chi connectivity index (χ1n) is 7.72. The summed E-state index contributed by atoms with van der Waals surface area (Å²) in [5, 5.41) is 9.79. The van der Waals surface area contributed by atoms with Crippen LogP contribution in [0.5, 0.6) is 0 Å². The lowest BCUT2D eigenvalue weighted by atomic mass is 10.1. The Labute approximate surface area is 144 Å². The molecule has 8 nitrogen and oxygen atoms in total. The van der Waals surface area contributed by atoms with Crippen molar-refractivity contribution in [2.45, 2.75) is 33.0 Å². The Kier molecular flexibility index (Phi) is 4.26. The second-order valence-electron chi connectivity index (χ2n) is 6.09. The third-order valence-electron chi connectivity index (χ3n) is 3.46. The van der Waals surface area contributed by atoms with Gasteiger partial charge in [0.05, 0.1) is 0 Å². The summed E-state index contributed by atoms with van der Waals surface area (Å²) in [6.07, 6.45) is 1.90. The fourth-order valence-corrected chi connectivity index (χ4v) is 2.30. The first kappa shape index (κ1) is 16.7. The zero-order chi connectivity index (χ0) is 18.0. The van der Waals surface area contributed by atoms with Gasteiger partial charge < -0.3 is 14.8 Å². The largest absolute Gasteiger partial charge is 0.419 e. The van der Waals surface area contributed by atoms with Crippen LogP contribution in [-0.2, 0) is 25.5 Å². The monoisotopic (exact) mass is 342 g/mol. The smallest absolute Gasteiger partial charge is 0.350 e. The normalized spacial score (nSPS) is 16.2. The van der Waals surface area contributed by atoms with E-state index in [9.17, 15) is 9.59 Å². The Hall–Kier alpha value is -3.16. The van der Waals surface area contributed by atoms with Gasteiger partial charge in [-0.15, -0.1) is 0 Å². The van der Waals surface area contributed by atoms with Gasteiger partial charge in [0.15, 0.2) is 11.4 Å². The van der Waals surface area contributed by atoms with Gasteiger partial charge in [-0.25, -0.2) is 14.6 Å². The number of carbonyl (C=O) groups is 2. The highest BCUT2D eigenvalue weighted by Crippen LogP contribution is 2.22. The number of ether oxygens (including phenoxy) is 2. The minimum atomic E-state index is -1.24. The van der Waals surface area contributed by atoms with Crippen LogP contribution in [0.2, 0.25) is 0 Å². The molecule has 3 rings (SSSR count). The van der Waals surface area contributed by atoms with Crippen molar-refractivity contribution >= 4 is 17.6 Å². The Morgan fingerprint density at radius 1 is 1.16 bits per heavy atom. The third-order valence-corrected chi connectivity index (χ3v) is 3.46. The van der Waals surface area contributed by atoms with Crippen LogP contribution in [0.15, 0.2) is 36.0 Å². The summed E-state index contributed by atoms with van der Waals surface area (Å²) in [7, 11) is 0. The van der Waals surface area contributed by atoms with Gasteiger partial charge in [-0.05, 0) is 24.6 Å². The molecule has 25 heavy (non-hydrogen) atoms. The van der Waals surface area contributed by atoms with E-state index in [1.165, 1.54) is 20.0 Å². The van der Waals surface area contributed by atoms with Crippen molar-refractivity contribution < 1.29 is 19.1 Å². The first-order valence-corrected chi connectivity index (χ1v) is 7.72. The van der Waals surface area contributed by atoms with Gasteiger partial charge in [0.1, 0.15) is 5.82 Å². The van der Waals surface area contributed by atoms with Crippen molar-refractivity contribution in [1.82, 2.24) is 15.2 Å². The van der Waals surface area contributed by atoms with Gasteiger partial charge >= 0.3 is 11.9 Å². The summed E-state index contributed by atoms with van der Waals surface area (Å²) in [4.78, 5) is 28.0. The zero-order valence-corrected chi connectivity index (χ0v) is 14.1. The van der Waals surface area contributed by atoms with Crippen LogP contribution in [-0.4, -0.2) is 32.9 Å². The molecule has 2 aromatic rings. The molecule has 0 radical (unpaired) electrons. The van der Waals surface area contributed by atoms with Gasteiger partial charge in [0, 0.05) is 32.2 Å². The molecule has 0 aliphatic carbocycles. The highest BCUT2D eigenvalue weighted by molar-refractivity contribution is 6.15. The third kappa shape index (κ3) is 4.03. The van der Waals surface area contributed by atoms with Crippen molar-refractivity contribution in [2.75, 3.05) is 5.32 Å². The number of aromatic amines is 1. The zero-order valence-electron chi connectivity index (χ0n) is 14.1. The van der Waals surface area contributed by atoms with Gasteiger partial charge in [0.25, 0.3) is 5.79 Å². The number of anilines is 1. The molecule has 130 valence electrons. The van der Waals surface area contributed by atoms with Crippen LogP contribution in [0.4, 0.5) is 5.69 Å². The molecule has 0 spiro atoms. The fourth-order valence-electron chi connectivity index (χ4n) is 2.30. The predicted octanol–water partition coefficient (Wildman–Crippen LogP) is 1.84. The van der Waals surface area contributed by atoms with E-state index >= 15 is 0 Å². The van der Waals surface area contributed by atoms with Gasteiger partial charge in [-0.2, -0.15) is 5.10 Å². The van der Waals surface area contributed by atoms with Crippen molar-refractivity contribution in [3.63, 3.8) is 0 Å². The molecule has 0 amide bonds. The Balaban J connectivity index is 1.65. The van der Waals surface area contributed by atoms with Crippen LogP contribution >= 0.6 is 0 Å². The van der Waals surface area contributed by atoms with E-state index < -0.39 is 17.7 Å². The average molecular weight is 342 g/mol. The number of esters is 2. The molecule has 1 aliphatic heterocycles. The molecular weight excluding hydrogens is 324 g/mol. The predicted molar refractivity (Wildman–Crippen MR) is 88.3 cm³/mol. The average Bonchev–Trinajstić information content (AvgIpc) is 2.92.